The fourth-order valence-electron chi connectivity index (χ4n) is 0.605. The van der Waals surface area contributed by atoms with Gasteiger partial charge in [-0.1, -0.05) is 11.8 Å². The first-order chi connectivity index (χ1) is 5.72. The Morgan fingerprint density at radius 1 is 1.67 bits per heavy atom. The standard InChI is InChI=1S/C7H7FN2OS/c1-12-7(11)10-6-3-2-5(8)4-9-6/h2-4H,1H3,(H,9,10,11). The molecule has 1 rings (SSSR count). The van der Waals surface area contributed by atoms with Crippen LogP contribution < -0.4 is 5.32 Å². The predicted octanol–water partition coefficient (Wildman–Crippen LogP) is 2.12. The average Bonchev–Trinajstić information content (AvgIpc) is 2.09. The molecule has 0 saturated heterocycles. The molecule has 0 atom stereocenters. The van der Waals surface area contributed by atoms with E-state index in [0.717, 1.165) is 18.0 Å². The smallest absolute Gasteiger partial charge is 0.284 e. The van der Waals surface area contributed by atoms with Gasteiger partial charge in [0, 0.05) is 0 Å². The molecule has 0 aliphatic carbocycles. The molecule has 3 nitrogen and oxygen atoms in total. The number of halogens is 1. The monoisotopic (exact) mass is 186 g/mol. The quantitative estimate of drug-likeness (QED) is 0.730. The van der Waals surface area contributed by atoms with Crippen molar-refractivity contribution in [3.05, 3.63) is 24.1 Å². The Bertz CT molecular complexity index is 275. The largest absolute Gasteiger partial charge is 0.301 e. The van der Waals surface area contributed by atoms with Gasteiger partial charge in [-0.05, 0) is 18.4 Å². The van der Waals surface area contributed by atoms with Crippen LogP contribution in [0.4, 0.5) is 15.0 Å². The fraction of sp³-hybridized carbons (Fsp3) is 0.143. The number of anilines is 1. The van der Waals surface area contributed by atoms with Crippen LogP contribution in [0.3, 0.4) is 0 Å². The molecule has 0 aromatic carbocycles. The van der Waals surface area contributed by atoms with Gasteiger partial charge in [0.05, 0.1) is 6.20 Å². The van der Waals surface area contributed by atoms with Crippen LogP contribution in [0.2, 0.25) is 0 Å². The van der Waals surface area contributed by atoms with E-state index in [1.807, 2.05) is 0 Å². The van der Waals surface area contributed by atoms with E-state index in [0.29, 0.717) is 5.82 Å². The zero-order chi connectivity index (χ0) is 8.97. The second-order valence-corrected chi connectivity index (χ2v) is 2.76. The van der Waals surface area contributed by atoms with Crippen molar-refractivity contribution in [1.29, 1.82) is 0 Å². The minimum absolute atomic E-state index is 0.214. The highest BCUT2D eigenvalue weighted by Crippen LogP contribution is 2.06. The maximum absolute atomic E-state index is 12.3. The number of aromatic nitrogens is 1. The predicted molar refractivity (Wildman–Crippen MR) is 46.7 cm³/mol. The molecule has 1 aromatic rings. The first-order valence-electron chi connectivity index (χ1n) is 3.19. The molecule has 0 saturated carbocycles. The molecule has 1 amide bonds. The first-order valence-corrected chi connectivity index (χ1v) is 4.41. The molecule has 0 bridgehead atoms. The minimum atomic E-state index is -0.419. The molecule has 5 heteroatoms. The van der Waals surface area contributed by atoms with Crippen molar-refractivity contribution < 1.29 is 9.18 Å². The van der Waals surface area contributed by atoms with Crippen molar-refractivity contribution in [3.8, 4) is 0 Å². The summed E-state index contributed by atoms with van der Waals surface area (Å²) in [5.41, 5.74) is 0. The van der Waals surface area contributed by atoms with E-state index in [-0.39, 0.29) is 5.24 Å². The van der Waals surface area contributed by atoms with Crippen LogP contribution in [-0.2, 0) is 0 Å². The summed E-state index contributed by atoms with van der Waals surface area (Å²) in [4.78, 5) is 14.4. The molecule has 0 aliphatic heterocycles. The number of rotatable bonds is 1. The maximum atomic E-state index is 12.3. The molecular weight excluding hydrogens is 179 g/mol. The summed E-state index contributed by atoms with van der Waals surface area (Å²) in [7, 11) is 0. The molecule has 1 heterocycles. The summed E-state index contributed by atoms with van der Waals surface area (Å²) >= 11 is 1.04. The maximum Gasteiger partial charge on any atom is 0.284 e. The van der Waals surface area contributed by atoms with Crippen LogP contribution in [0.15, 0.2) is 18.3 Å². The number of hydrogen-bond acceptors (Lipinski definition) is 3. The summed E-state index contributed by atoms with van der Waals surface area (Å²) < 4.78 is 12.3. The number of carbonyl (C=O) groups is 1. The van der Waals surface area contributed by atoms with Crippen LogP contribution >= 0.6 is 11.8 Å². The summed E-state index contributed by atoms with van der Waals surface area (Å²) in [6.45, 7) is 0. The lowest BCUT2D eigenvalue weighted by Crippen LogP contribution is -2.05. The highest BCUT2D eigenvalue weighted by Gasteiger charge is 1.99. The van der Waals surface area contributed by atoms with Crippen molar-refractivity contribution in [2.75, 3.05) is 11.6 Å². The zero-order valence-electron chi connectivity index (χ0n) is 6.37. The van der Waals surface area contributed by atoms with Gasteiger partial charge in [0.15, 0.2) is 0 Å². The van der Waals surface area contributed by atoms with Crippen LogP contribution in [0.1, 0.15) is 0 Å². The van der Waals surface area contributed by atoms with Gasteiger partial charge < -0.3 is 5.32 Å². The number of nitrogens with one attached hydrogen (secondary N) is 1. The third-order valence-corrected chi connectivity index (χ3v) is 1.62. The molecular formula is C7H7FN2OS. The lowest BCUT2D eigenvalue weighted by atomic mass is 10.4. The van der Waals surface area contributed by atoms with Crippen molar-refractivity contribution in [1.82, 2.24) is 4.98 Å². The Kier molecular flexibility index (Phi) is 3.04. The van der Waals surface area contributed by atoms with Crippen molar-refractivity contribution in [2.45, 2.75) is 0 Å². The summed E-state index contributed by atoms with van der Waals surface area (Å²) in [6, 6.07) is 2.65. The van der Waals surface area contributed by atoms with E-state index in [1.54, 1.807) is 6.26 Å². The van der Waals surface area contributed by atoms with Gasteiger partial charge in [-0.25, -0.2) is 9.37 Å². The van der Waals surface area contributed by atoms with Crippen LogP contribution in [0.25, 0.3) is 0 Å². The molecule has 0 aliphatic rings. The Hall–Kier alpha value is -1.10. The van der Waals surface area contributed by atoms with Gasteiger partial charge in [0.2, 0.25) is 0 Å². The minimum Gasteiger partial charge on any atom is -0.301 e. The fourth-order valence-corrected chi connectivity index (χ4v) is 0.812. The van der Waals surface area contributed by atoms with Gasteiger partial charge in [-0.15, -0.1) is 0 Å². The first kappa shape index (κ1) is 8.99. The van der Waals surface area contributed by atoms with Gasteiger partial charge in [0.1, 0.15) is 11.6 Å². The number of pyridine rings is 1. The van der Waals surface area contributed by atoms with Crippen LogP contribution in [0.5, 0.6) is 0 Å². The summed E-state index contributed by atoms with van der Waals surface area (Å²) in [5.74, 6) is -0.0621. The number of hydrogen-bond donors (Lipinski definition) is 1. The zero-order valence-corrected chi connectivity index (χ0v) is 7.19. The number of nitrogens with zero attached hydrogens (tertiary/aromatic N) is 1. The molecule has 1 N–H and O–H groups in total. The van der Waals surface area contributed by atoms with Crippen LogP contribution in [-0.4, -0.2) is 16.5 Å². The van der Waals surface area contributed by atoms with Gasteiger partial charge >= 0.3 is 0 Å². The van der Waals surface area contributed by atoms with Crippen molar-refractivity contribution in [3.63, 3.8) is 0 Å². The third-order valence-electron chi connectivity index (χ3n) is 1.14. The Morgan fingerprint density at radius 2 is 2.42 bits per heavy atom. The number of thioether (sulfide) groups is 1. The summed E-state index contributed by atoms with van der Waals surface area (Å²) in [5, 5.41) is 2.25. The molecule has 12 heavy (non-hydrogen) atoms. The Morgan fingerprint density at radius 3 is 2.92 bits per heavy atom. The lowest BCUT2D eigenvalue weighted by molar-refractivity contribution is 0.269. The highest BCUT2D eigenvalue weighted by atomic mass is 32.2. The Balaban J connectivity index is 2.64. The van der Waals surface area contributed by atoms with E-state index >= 15 is 0 Å². The molecule has 0 radical (unpaired) electrons. The second kappa shape index (κ2) is 4.06. The van der Waals surface area contributed by atoms with Crippen LogP contribution in [0, 0.1) is 5.82 Å². The molecule has 64 valence electrons. The average molecular weight is 186 g/mol. The van der Waals surface area contributed by atoms with Gasteiger partial charge in [-0.3, -0.25) is 4.79 Å². The number of carbonyl (C=O) groups excluding carboxylic acids is 1. The molecule has 0 spiro atoms. The van der Waals surface area contributed by atoms with Gasteiger partial charge in [0.25, 0.3) is 5.24 Å². The topological polar surface area (TPSA) is 42.0 Å². The Labute approximate surface area is 73.4 Å². The normalized spacial score (nSPS) is 9.50. The SMILES string of the molecule is CSC(=O)Nc1ccc(F)cn1. The van der Waals surface area contributed by atoms with E-state index in [2.05, 4.69) is 10.3 Å². The molecule has 1 aromatic heterocycles. The number of amides is 1. The van der Waals surface area contributed by atoms with Gasteiger partial charge in [-0.2, -0.15) is 0 Å². The van der Waals surface area contributed by atoms with E-state index in [4.69, 9.17) is 0 Å². The van der Waals surface area contributed by atoms with Crippen molar-refractivity contribution in [2.24, 2.45) is 0 Å². The molecule has 0 fully saturated rings. The van der Waals surface area contributed by atoms with E-state index in [1.165, 1.54) is 12.1 Å². The van der Waals surface area contributed by atoms with E-state index < -0.39 is 5.82 Å². The van der Waals surface area contributed by atoms with Crippen molar-refractivity contribution >= 4 is 22.8 Å². The second-order valence-electron chi connectivity index (χ2n) is 1.98. The summed E-state index contributed by atoms with van der Waals surface area (Å²) in [6.07, 6.45) is 2.70. The highest BCUT2D eigenvalue weighted by molar-refractivity contribution is 8.13. The van der Waals surface area contributed by atoms with E-state index in [9.17, 15) is 9.18 Å². The molecule has 0 unspecified atom stereocenters. The third kappa shape index (κ3) is 2.50. The lowest BCUT2D eigenvalue weighted by Gasteiger charge is -1.99.